The maximum atomic E-state index is 6.48. The molecule has 1 aliphatic heterocycles. The van der Waals surface area contributed by atoms with E-state index in [0.29, 0.717) is 11.5 Å². The Morgan fingerprint density at radius 1 is 0.686 bits per heavy atom. The maximum Gasteiger partial charge on any atom is 0.136 e. The van der Waals surface area contributed by atoms with Crippen LogP contribution < -0.4 is 9.64 Å². The molecule has 7 aromatic rings. The summed E-state index contributed by atoms with van der Waals surface area (Å²) in [4.78, 5) is 9.13. The van der Waals surface area contributed by atoms with E-state index in [1.807, 2.05) is 30.5 Å². The van der Waals surface area contributed by atoms with Crippen molar-refractivity contribution in [1.82, 2.24) is 14.5 Å². The van der Waals surface area contributed by atoms with E-state index in [4.69, 9.17) is 9.72 Å². The Labute approximate surface area is 315 Å². The van der Waals surface area contributed by atoms with E-state index in [1.165, 1.54) is 44.5 Å². The Kier molecular flexibility index (Phi) is 9.12. The minimum absolute atomic E-state index is 0. The first-order chi connectivity index (χ1) is 24.1. The van der Waals surface area contributed by atoms with Crippen molar-refractivity contribution in [1.29, 1.82) is 0 Å². The first-order valence-electron chi connectivity index (χ1n) is 17.0. The Morgan fingerprint density at radius 3 is 2.24 bits per heavy atom. The third-order valence-electron chi connectivity index (χ3n) is 9.80. The average Bonchev–Trinajstić information content (AvgIpc) is 3.63. The molecule has 0 amide bonds. The molecule has 0 radical (unpaired) electrons. The van der Waals surface area contributed by atoms with E-state index in [-0.39, 0.29) is 21.1 Å². The Morgan fingerprint density at radius 2 is 1.43 bits per heavy atom. The number of pyridine rings is 1. The van der Waals surface area contributed by atoms with Crippen molar-refractivity contribution in [3.8, 4) is 28.4 Å². The molecular weight excluding hydrogens is 808 g/mol. The molecule has 0 atom stereocenters. The van der Waals surface area contributed by atoms with Crippen molar-refractivity contribution < 1.29 is 25.8 Å². The molecule has 2 aromatic heterocycles. The number of ether oxygens (including phenoxy) is 1. The predicted octanol–water partition coefficient (Wildman–Crippen LogP) is 11.0. The van der Waals surface area contributed by atoms with E-state index < -0.39 is 0 Å². The summed E-state index contributed by atoms with van der Waals surface area (Å²) in [6.45, 7) is 15.1. The van der Waals surface area contributed by atoms with Gasteiger partial charge in [-0.25, -0.2) is 4.98 Å². The second-order valence-corrected chi connectivity index (χ2v) is 13.5. The zero-order valence-corrected chi connectivity index (χ0v) is 32.2. The Balaban J connectivity index is 0.00000406. The van der Waals surface area contributed by atoms with Crippen molar-refractivity contribution in [3.63, 3.8) is 0 Å². The molecule has 5 aromatic carbocycles. The van der Waals surface area contributed by atoms with Gasteiger partial charge in [0.25, 0.3) is 0 Å². The Bertz CT molecular complexity index is 2470. The van der Waals surface area contributed by atoms with Crippen LogP contribution in [0.5, 0.6) is 11.5 Å². The van der Waals surface area contributed by atoms with Crippen LogP contribution in [0.15, 0.2) is 103 Å². The largest absolute Gasteiger partial charge is 0.509 e. The van der Waals surface area contributed by atoms with Gasteiger partial charge in [0.05, 0.1) is 0 Å². The van der Waals surface area contributed by atoms with Crippen molar-refractivity contribution in [3.05, 3.63) is 161 Å². The van der Waals surface area contributed by atoms with Gasteiger partial charge in [-0.15, -0.1) is 41.4 Å². The second kappa shape index (κ2) is 13.5. The fourth-order valence-corrected chi connectivity index (χ4v) is 7.40. The maximum absolute atomic E-state index is 6.48. The summed E-state index contributed by atoms with van der Waals surface area (Å²) in [6.07, 6.45) is 4.06. The van der Waals surface area contributed by atoms with E-state index in [9.17, 15) is 0 Å². The quantitative estimate of drug-likeness (QED) is 0.156. The molecule has 0 aliphatic carbocycles. The summed E-state index contributed by atoms with van der Waals surface area (Å²) in [5.74, 6) is 2.07. The fourth-order valence-electron chi connectivity index (χ4n) is 7.40. The molecule has 0 bridgehead atoms. The monoisotopic (exact) mass is 846 g/mol. The molecule has 6 heteroatoms. The van der Waals surface area contributed by atoms with E-state index >= 15 is 0 Å². The molecule has 0 saturated carbocycles. The van der Waals surface area contributed by atoms with Crippen molar-refractivity contribution in [2.45, 2.75) is 41.5 Å². The molecule has 0 unspecified atom stereocenters. The standard InChI is InChI=1S/C45H39N4O.Pt/c1-28-19-32(5)45(33(6)20-28)34-17-18-46-44(23-34)49-41-14-9-8-13-38(41)39-16-15-37(25-42(39)49)50-36-12-10-11-35(24-36)48-26-43(47(7)27-48)40-22-30(3)29(2)21-31(40)4;/h8-23,26-27H,1-7H3;/q-3;. The third-order valence-corrected chi connectivity index (χ3v) is 9.80. The number of nitrogens with zero attached hydrogens (tertiary/aromatic N) is 4. The van der Waals surface area contributed by atoms with Gasteiger partial charge in [0.1, 0.15) is 5.82 Å². The van der Waals surface area contributed by atoms with Crippen LogP contribution in [-0.4, -0.2) is 21.5 Å². The SMILES string of the molecule is Cc1cc(C)c(-c2ccnc(-n3c4[c-]c(Oc5[c-]c(N6C=C(c7cc(C)c(C)cc7C)N(C)[CH-]6)ccc5)ccc4c4ccccc43)c2)c(C)c1.[Pt]. The summed E-state index contributed by atoms with van der Waals surface area (Å²) in [6, 6.07) is 38.9. The van der Waals surface area contributed by atoms with E-state index in [2.05, 4.69) is 155 Å². The minimum Gasteiger partial charge on any atom is -0.509 e. The summed E-state index contributed by atoms with van der Waals surface area (Å²) >= 11 is 0. The van der Waals surface area contributed by atoms with Gasteiger partial charge >= 0.3 is 0 Å². The predicted molar refractivity (Wildman–Crippen MR) is 206 cm³/mol. The van der Waals surface area contributed by atoms with E-state index in [1.54, 1.807) is 0 Å². The topological polar surface area (TPSA) is 33.5 Å². The molecule has 0 spiro atoms. The number of aryl methyl sites for hydroxylation is 6. The van der Waals surface area contributed by atoms with Crippen molar-refractivity contribution >= 4 is 33.2 Å². The number of rotatable bonds is 6. The number of hydrogen-bond acceptors (Lipinski definition) is 4. The molecule has 5 nitrogen and oxygen atoms in total. The van der Waals surface area contributed by atoms with Crippen LogP contribution in [0.25, 0.3) is 44.4 Å². The molecular formula is C45H39N4OPt-3. The van der Waals surface area contributed by atoms with Crippen molar-refractivity contribution in [2.24, 2.45) is 0 Å². The minimum atomic E-state index is 0. The van der Waals surface area contributed by atoms with Crippen LogP contribution in [0.3, 0.4) is 0 Å². The first kappa shape index (κ1) is 34.3. The summed E-state index contributed by atoms with van der Waals surface area (Å²) in [5, 5.41) is 2.23. The normalized spacial score (nSPS) is 12.8. The summed E-state index contributed by atoms with van der Waals surface area (Å²) in [5.41, 5.74) is 15.3. The van der Waals surface area contributed by atoms with Gasteiger partial charge in [0, 0.05) is 50.0 Å². The number of para-hydroxylation sites is 1. The molecule has 0 N–H and O–H groups in total. The van der Waals surface area contributed by atoms with Gasteiger partial charge in [0.2, 0.25) is 0 Å². The van der Waals surface area contributed by atoms with Gasteiger partial charge in [-0.1, -0.05) is 47.5 Å². The molecule has 0 fully saturated rings. The van der Waals surface area contributed by atoms with Crippen LogP contribution in [0.1, 0.15) is 38.9 Å². The Hall–Kier alpha value is -5.12. The van der Waals surface area contributed by atoms with Crippen LogP contribution in [0.4, 0.5) is 5.69 Å². The number of benzene rings is 5. The third kappa shape index (κ3) is 6.25. The zero-order chi connectivity index (χ0) is 34.7. The molecule has 258 valence electrons. The van der Waals surface area contributed by atoms with Crippen LogP contribution in [0, 0.1) is 60.3 Å². The molecule has 51 heavy (non-hydrogen) atoms. The molecule has 3 heterocycles. The van der Waals surface area contributed by atoms with Crippen LogP contribution in [-0.2, 0) is 21.1 Å². The second-order valence-electron chi connectivity index (χ2n) is 13.5. The number of hydrogen-bond donors (Lipinski definition) is 0. The first-order valence-corrected chi connectivity index (χ1v) is 17.0. The average molecular weight is 847 g/mol. The smallest absolute Gasteiger partial charge is 0.136 e. The van der Waals surface area contributed by atoms with Gasteiger partial charge in [0.15, 0.2) is 0 Å². The van der Waals surface area contributed by atoms with E-state index in [0.717, 1.165) is 44.6 Å². The number of anilines is 1. The molecule has 0 saturated heterocycles. The van der Waals surface area contributed by atoms with Crippen LogP contribution >= 0.6 is 0 Å². The fraction of sp³-hybridized carbons (Fsp3) is 0.156. The zero-order valence-electron chi connectivity index (χ0n) is 29.9. The van der Waals surface area contributed by atoms with Gasteiger partial charge in [-0.05, 0) is 129 Å². The van der Waals surface area contributed by atoms with Gasteiger partial charge < -0.3 is 19.1 Å². The van der Waals surface area contributed by atoms with Gasteiger partial charge in [-0.2, -0.15) is 18.8 Å². The van der Waals surface area contributed by atoms with Crippen molar-refractivity contribution in [2.75, 3.05) is 11.9 Å². The number of fused-ring (bicyclic) bond motifs is 3. The van der Waals surface area contributed by atoms with Gasteiger partial charge in [-0.3, -0.25) is 0 Å². The summed E-state index contributed by atoms with van der Waals surface area (Å²) in [7, 11) is 2.08. The summed E-state index contributed by atoms with van der Waals surface area (Å²) < 4.78 is 8.67. The molecule has 1 aliphatic rings. The number of aromatic nitrogens is 2. The molecule has 8 rings (SSSR count). The van der Waals surface area contributed by atoms with Crippen LogP contribution in [0.2, 0.25) is 0 Å².